The monoisotopic (exact) mass is 453 g/mol. The van der Waals surface area contributed by atoms with Crippen LogP contribution in [0.5, 0.6) is 0 Å². The summed E-state index contributed by atoms with van der Waals surface area (Å²) in [5.74, 6) is -3.47. The Balaban J connectivity index is 1.14. The van der Waals surface area contributed by atoms with Crippen LogP contribution in [0.4, 0.5) is 8.78 Å². The lowest BCUT2D eigenvalue weighted by molar-refractivity contribution is -0.0139. The van der Waals surface area contributed by atoms with E-state index in [4.69, 9.17) is 0 Å². The maximum atomic E-state index is 13.4. The fourth-order valence-corrected chi connectivity index (χ4v) is 5.25. The third kappa shape index (κ3) is 3.69. The predicted octanol–water partition coefficient (Wildman–Crippen LogP) is 2.49. The van der Waals surface area contributed by atoms with Crippen LogP contribution in [0.2, 0.25) is 0 Å². The average Bonchev–Trinajstić information content (AvgIpc) is 3.26. The fourth-order valence-electron chi connectivity index (χ4n) is 5.25. The summed E-state index contributed by atoms with van der Waals surface area (Å²) in [6.45, 7) is 2.47. The van der Waals surface area contributed by atoms with Crippen molar-refractivity contribution >= 4 is 11.7 Å². The van der Waals surface area contributed by atoms with Crippen molar-refractivity contribution in [1.29, 1.82) is 0 Å². The molecule has 3 atom stereocenters. The van der Waals surface area contributed by atoms with E-state index in [0.717, 1.165) is 19.5 Å². The number of likely N-dealkylation sites (tertiary alicyclic amines) is 1. The number of aromatic nitrogens is 3. The molecule has 3 aromatic rings. The number of aliphatic hydroxyl groups excluding tert-OH is 1. The SMILES string of the molecule is O=C(c1cn2cc(C3CC3(F)F)cnc2n1)N1CCC(N2CCc3ccccc3C2)C(O)C1. The molecule has 3 unspecified atom stereocenters. The van der Waals surface area contributed by atoms with E-state index in [9.17, 15) is 18.7 Å². The Bertz CT molecular complexity index is 1230. The minimum absolute atomic E-state index is 0.00732. The number of nitrogens with zero attached hydrogens (tertiary/aromatic N) is 5. The van der Waals surface area contributed by atoms with Crippen molar-refractivity contribution in [3.05, 3.63) is 65.2 Å². The topological polar surface area (TPSA) is 74.0 Å². The van der Waals surface area contributed by atoms with E-state index in [2.05, 4.69) is 33.1 Å². The Morgan fingerprint density at radius 2 is 1.94 bits per heavy atom. The molecule has 2 aromatic heterocycles. The van der Waals surface area contributed by atoms with Gasteiger partial charge in [0.25, 0.3) is 11.8 Å². The number of benzene rings is 1. The molecule has 9 heteroatoms. The van der Waals surface area contributed by atoms with Gasteiger partial charge in [0.1, 0.15) is 5.69 Å². The van der Waals surface area contributed by atoms with Crippen molar-refractivity contribution in [2.75, 3.05) is 19.6 Å². The maximum Gasteiger partial charge on any atom is 0.274 e. The van der Waals surface area contributed by atoms with Gasteiger partial charge in [0, 0.05) is 57.2 Å². The average molecular weight is 453 g/mol. The standard InChI is InChI=1S/C24H25F2N5O2/c25-24(26)9-18(24)17-10-27-23-28-19(13-31(23)12-17)22(33)30-8-6-20(21(32)14-30)29-7-5-15-3-1-2-4-16(15)11-29/h1-4,10,12-13,18,20-21,32H,5-9,11,14H2. The highest BCUT2D eigenvalue weighted by Crippen LogP contribution is 2.55. The van der Waals surface area contributed by atoms with Crippen molar-refractivity contribution < 1.29 is 18.7 Å². The minimum atomic E-state index is -2.68. The molecule has 172 valence electrons. The van der Waals surface area contributed by atoms with Gasteiger partial charge in [-0.05, 0) is 29.5 Å². The highest BCUT2D eigenvalue weighted by Gasteiger charge is 2.57. The second kappa shape index (κ2) is 7.56. The fraction of sp³-hybridized carbons (Fsp3) is 0.458. The summed E-state index contributed by atoms with van der Waals surface area (Å²) in [5.41, 5.74) is 3.32. The first-order valence-electron chi connectivity index (χ1n) is 11.4. The number of carbonyl (C=O) groups excluding carboxylic acids is 1. The molecule has 6 rings (SSSR count). The number of fused-ring (bicyclic) bond motifs is 2. The summed E-state index contributed by atoms with van der Waals surface area (Å²) in [6, 6.07) is 8.41. The second-order valence-corrected chi connectivity index (χ2v) is 9.40. The Labute approximate surface area is 189 Å². The number of carbonyl (C=O) groups is 1. The zero-order chi connectivity index (χ0) is 22.7. The highest BCUT2D eigenvalue weighted by atomic mass is 19.3. The number of rotatable bonds is 3. The number of halogens is 2. The molecule has 0 radical (unpaired) electrons. The summed E-state index contributed by atoms with van der Waals surface area (Å²) in [5, 5.41) is 10.9. The summed E-state index contributed by atoms with van der Waals surface area (Å²) >= 11 is 0. The van der Waals surface area contributed by atoms with Gasteiger partial charge in [0.15, 0.2) is 0 Å². The van der Waals surface area contributed by atoms with Gasteiger partial charge in [-0.3, -0.25) is 14.1 Å². The lowest BCUT2D eigenvalue weighted by Gasteiger charge is -2.43. The van der Waals surface area contributed by atoms with Crippen LogP contribution in [0.15, 0.2) is 42.9 Å². The number of amides is 1. The molecule has 0 spiro atoms. The molecular formula is C24H25F2N5O2. The van der Waals surface area contributed by atoms with Crippen molar-refractivity contribution in [2.24, 2.45) is 0 Å². The van der Waals surface area contributed by atoms with Gasteiger partial charge in [-0.15, -0.1) is 0 Å². The van der Waals surface area contributed by atoms with Crippen LogP contribution in [0, 0.1) is 0 Å². The summed E-state index contributed by atoms with van der Waals surface area (Å²) in [4.78, 5) is 25.5. The molecule has 2 aliphatic heterocycles. The lowest BCUT2D eigenvalue weighted by Crippen LogP contribution is -2.56. The van der Waals surface area contributed by atoms with Crippen LogP contribution in [0.1, 0.15) is 45.9 Å². The largest absolute Gasteiger partial charge is 0.390 e. The van der Waals surface area contributed by atoms with Gasteiger partial charge in [-0.1, -0.05) is 24.3 Å². The van der Waals surface area contributed by atoms with Crippen LogP contribution in [-0.2, 0) is 13.0 Å². The van der Waals surface area contributed by atoms with Crippen LogP contribution in [0.3, 0.4) is 0 Å². The maximum absolute atomic E-state index is 13.4. The Morgan fingerprint density at radius 3 is 2.70 bits per heavy atom. The van der Waals surface area contributed by atoms with E-state index in [1.165, 1.54) is 27.9 Å². The molecule has 0 bridgehead atoms. The molecule has 33 heavy (non-hydrogen) atoms. The molecule has 1 amide bonds. The van der Waals surface area contributed by atoms with Gasteiger partial charge in [-0.2, -0.15) is 0 Å². The Kier molecular flexibility index (Phi) is 4.74. The van der Waals surface area contributed by atoms with Crippen LogP contribution >= 0.6 is 0 Å². The van der Waals surface area contributed by atoms with E-state index < -0.39 is 17.9 Å². The third-order valence-electron chi connectivity index (χ3n) is 7.24. The highest BCUT2D eigenvalue weighted by molar-refractivity contribution is 5.92. The molecule has 3 aliphatic rings. The number of hydrogen-bond acceptors (Lipinski definition) is 5. The van der Waals surface area contributed by atoms with Gasteiger partial charge < -0.3 is 10.0 Å². The van der Waals surface area contributed by atoms with Crippen molar-refractivity contribution in [3.8, 4) is 0 Å². The number of piperidine rings is 1. The minimum Gasteiger partial charge on any atom is -0.390 e. The first-order valence-corrected chi connectivity index (χ1v) is 11.4. The van der Waals surface area contributed by atoms with Gasteiger partial charge in [0.05, 0.1) is 12.0 Å². The van der Waals surface area contributed by atoms with Gasteiger partial charge >= 0.3 is 0 Å². The first kappa shape index (κ1) is 20.7. The molecular weight excluding hydrogens is 428 g/mol. The molecule has 2 fully saturated rings. The molecule has 7 nitrogen and oxygen atoms in total. The molecule has 1 saturated carbocycles. The van der Waals surface area contributed by atoms with Crippen molar-refractivity contribution in [1.82, 2.24) is 24.2 Å². The quantitative estimate of drug-likeness (QED) is 0.660. The van der Waals surface area contributed by atoms with Gasteiger partial charge in [-0.25, -0.2) is 18.7 Å². The molecule has 1 aliphatic carbocycles. The zero-order valence-electron chi connectivity index (χ0n) is 18.1. The van der Waals surface area contributed by atoms with E-state index in [1.807, 2.05) is 6.07 Å². The first-order chi connectivity index (χ1) is 15.9. The molecule has 4 heterocycles. The smallest absolute Gasteiger partial charge is 0.274 e. The van der Waals surface area contributed by atoms with Crippen LogP contribution < -0.4 is 0 Å². The number of aliphatic hydroxyl groups is 1. The number of β-amino-alcohol motifs (C(OH)–C–C–N with tert-alkyl or cyclic N) is 1. The van der Waals surface area contributed by atoms with Crippen molar-refractivity contribution in [2.45, 2.75) is 49.8 Å². The van der Waals surface area contributed by atoms with Gasteiger partial charge in [0.2, 0.25) is 5.78 Å². The van der Waals surface area contributed by atoms with E-state index in [0.29, 0.717) is 24.3 Å². The predicted molar refractivity (Wildman–Crippen MR) is 116 cm³/mol. The Hall–Kier alpha value is -2.91. The number of imidazole rings is 1. The van der Waals surface area contributed by atoms with E-state index >= 15 is 0 Å². The van der Waals surface area contributed by atoms with E-state index in [1.54, 1.807) is 11.1 Å². The van der Waals surface area contributed by atoms with E-state index in [-0.39, 0.29) is 30.6 Å². The molecule has 1 saturated heterocycles. The van der Waals surface area contributed by atoms with Crippen molar-refractivity contribution in [3.63, 3.8) is 0 Å². The second-order valence-electron chi connectivity index (χ2n) is 9.40. The summed E-state index contributed by atoms with van der Waals surface area (Å²) in [7, 11) is 0. The zero-order valence-corrected chi connectivity index (χ0v) is 18.1. The summed E-state index contributed by atoms with van der Waals surface area (Å²) in [6.07, 6.45) is 5.35. The molecule has 1 N–H and O–H groups in total. The third-order valence-corrected chi connectivity index (χ3v) is 7.24. The lowest BCUT2D eigenvalue weighted by atomic mass is 9.94. The number of hydrogen-bond donors (Lipinski definition) is 1. The number of alkyl halides is 2. The van der Waals surface area contributed by atoms with Crippen LogP contribution in [0.25, 0.3) is 5.78 Å². The summed E-state index contributed by atoms with van der Waals surface area (Å²) < 4.78 is 28.3. The Morgan fingerprint density at radius 1 is 1.15 bits per heavy atom. The van der Waals surface area contributed by atoms with Crippen LogP contribution in [-0.4, -0.2) is 72.9 Å². The normalized spacial score (nSPS) is 26.9. The molecule has 1 aromatic carbocycles.